The highest BCUT2D eigenvalue weighted by Crippen LogP contribution is 2.22. The molecule has 0 fully saturated rings. The molecule has 0 heterocycles. The lowest BCUT2D eigenvalue weighted by atomic mass is 10.1. The lowest BCUT2D eigenvalue weighted by molar-refractivity contribution is -0.385. The fourth-order valence-corrected chi connectivity index (χ4v) is 2.45. The molecule has 0 amide bonds. The normalized spacial score (nSPS) is 8.84. The van der Waals surface area contributed by atoms with Crippen LogP contribution in [0.1, 0.15) is 26.3 Å². The number of carbonyl (C=O) groups is 2. The fraction of sp³-hybridized carbons (Fsp3) is 0.167. The van der Waals surface area contributed by atoms with Crippen LogP contribution in [0.15, 0.2) is 41.1 Å². The molecule has 0 aliphatic carbocycles. The average molecular weight is 574 g/mol. The third-order valence-electron chi connectivity index (χ3n) is 3.30. The van der Waals surface area contributed by atoms with E-state index in [1.165, 1.54) is 44.6 Å². The number of esters is 2. The largest absolute Gasteiger partial charge is 0.465 e. The Labute approximate surface area is 197 Å². The van der Waals surface area contributed by atoms with Crippen molar-refractivity contribution in [2.24, 2.45) is 4.74 Å². The van der Waals surface area contributed by atoms with Gasteiger partial charge in [-0.2, -0.15) is 5.26 Å². The zero-order valence-electron chi connectivity index (χ0n) is 16.9. The molecule has 32 heavy (non-hydrogen) atoms. The second kappa shape index (κ2) is 14.5. The molecule has 0 unspecified atom stereocenters. The molecule has 0 aliphatic rings. The third kappa shape index (κ3) is 8.70. The van der Waals surface area contributed by atoms with Crippen LogP contribution in [0.3, 0.4) is 0 Å². The molecule has 0 aliphatic heterocycles. The zero-order chi connectivity index (χ0) is 24.8. The lowest BCUT2D eigenvalue weighted by Gasteiger charge is -1.99. The van der Waals surface area contributed by atoms with Gasteiger partial charge in [0.05, 0.1) is 38.8 Å². The van der Waals surface area contributed by atoms with Gasteiger partial charge in [0.1, 0.15) is 11.6 Å². The van der Waals surface area contributed by atoms with Gasteiger partial charge in [0.2, 0.25) is 0 Å². The van der Waals surface area contributed by atoms with Crippen molar-refractivity contribution in [3.05, 3.63) is 76.9 Å². The molecule has 14 heteroatoms. The minimum Gasteiger partial charge on any atom is -0.465 e. The molecule has 0 saturated carbocycles. The molecule has 2 rings (SSSR count). The van der Waals surface area contributed by atoms with Crippen molar-refractivity contribution in [3.63, 3.8) is 0 Å². The first-order chi connectivity index (χ1) is 15.1. The Hall–Kier alpha value is -3.50. The highest BCUT2D eigenvalue weighted by molar-refractivity contribution is 14.1. The van der Waals surface area contributed by atoms with E-state index in [4.69, 9.17) is 5.26 Å². The highest BCUT2D eigenvalue weighted by atomic mass is 127. The lowest BCUT2D eigenvalue weighted by Crippen LogP contribution is -2.03. The van der Waals surface area contributed by atoms with E-state index in [1.54, 1.807) is 13.1 Å². The van der Waals surface area contributed by atoms with Crippen LogP contribution in [0.2, 0.25) is 0 Å². The van der Waals surface area contributed by atoms with Gasteiger partial charge in [-0.1, -0.05) is 0 Å². The maximum atomic E-state index is 11.1. The first-order valence-corrected chi connectivity index (χ1v) is 9.65. The van der Waals surface area contributed by atoms with Gasteiger partial charge in [-0.25, -0.2) is 9.59 Å². The van der Waals surface area contributed by atoms with E-state index in [0.717, 1.165) is 6.07 Å². The Balaban J connectivity index is 0.000000536. The van der Waals surface area contributed by atoms with Gasteiger partial charge in [0, 0.05) is 19.2 Å². The number of methoxy groups -OCH3 is 2. The van der Waals surface area contributed by atoms with E-state index in [9.17, 15) is 29.8 Å². The van der Waals surface area contributed by atoms with Crippen molar-refractivity contribution in [1.82, 2.24) is 0 Å². The third-order valence-corrected chi connectivity index (χ3v) is 4.21. The number of nitro benzene ring substituents is 2. The van der Waals surface area contributed by atoms with Crippen LogP contribution in [0.25, 0.3) is 0 Å². The molecular formula is C18H16IN4O8P. The van der Waals surface area contributed by atoms with Crippen LogP contribution in [0.4, 0.5) is 11.4 Å². The summed E-state index contributed by atoms with van der Waals surface area (Å²) < 4.78 is 12.6. The molecule has 2 aromatic carbocycles. The van der Waals surface area contributed by atoms with Gasteiger partial charge in [-0.05, 0) is 55.9 Å². The number of ether oxygens (including phenoxy) is 2. The minimum absolute atomic E-state index is 0.0446. The van der Waals surface area contributed by atoms with Crippen molar-refractivity contribution >= 4 is 54.9 Å². The van der Waals surface area contributed by atoms with E-state index >= 15 is 0 Å². The monoisotopic (exact) mass is 574 g/mol. The smallest absolute Gasteiger partial charge is 0.338 e. The topological polar surface area (TPSA) is 175 Å². The average Bonchev–Trinajstić information content (AvgIpc) is 2.78. The second-order valence-corrected chi connectivity index (χ2v) is 6.84. The summed E-state index contributed by atoms with van der Waals surface area (Å²) in [7, 11) is 6.87. The van der Waals surface area contributed by atoms with Gasteiger partial charge >= 0.3 is 11.9 Å². The van der Waals surface area contributed by atoms with Crippen LogP contribution in [-0.4, -0.2) is 43.1 Å². The number of nitriles is 1. The number of benzene rings is 2. The van der Waals surface area contributed by atoms with Crippen LogP contribution >= 0.6 is 31.6 Å². The number of hydrogen-bond acceptors (Lipinski definition) is 10. The number of carbonyl (C=O) groups excluding carboxylic acids is 2. The Morgan fingerprint density at radius 2 is 1.41 bits per heavy atom. The summed E-state index contributed by atoms with van der Waals surface area (Å²) in [5, 5.41) is 29.7. The SMILES string of the molecule is CN=P.COC(=O)c1ccc(C#N)c([N+](=O)[O-])c1.COC(=O)c1ccc(I)c([N+](=O)[O-])c1. The van der Waals surface area contributed by atoms with Crippen molar-refractivity contribution in [3.8, 4) is 6.07 Å². The van der Waals surface area contributed by atoms with Crippen LogP contribution in [-0.2, 0) is 9.47 Å². The Bertz CT molecular complexity index is 1070. The zero-order valence-corrected chi connectivity index (χ0v) is 20.1. The molecular weight excluding hydrogens is 558 g/mol. The standard InChI is InChI=1S/C9H6N2O4.C8H6INO4.CH4NP/c1-15-9(12)6-2-3-7(5-10)8(4-6)11(13)14;1-14-8(11)5-2-3-6(9)7(4-5)10(12)13;1-2-3/h2-4H,1H3;2-4H,1H3;3H,1H3. The van der Waals surface area contributed by atoms with Crippen LogP contribution < -0.4 is 0 Å². The van der Waals surface area contributed by atoms with Gasteiger partial charge in [0.15, 0.2) is 0 Å². The quantitative estimate of drug-likeness (QED) is 0.171. The summed E-state index contributed by atoms with van der Waals surface area (Å²) in [6, 6.07) is 9.39. The van der Waals surface area contributed by atoms with Crippen LogP contribution in [0, 0.1) is 35.1 Å². The molecule has 0 bridgehead atoms. The molecule has 0 saturated heterocycles. The number of nitrogens with zero attached hydrogens (tertiary/aromatic N) is 4. The van der Waals surface area contributed by atoms with Gasteiger partial charge in [0.25, 0.3) is 11.4 Å². The van der Waals surface area contributed by atoms with Crippen molar-refractivity contribution in [2.75, 3.05) is 21.3 Å². The van der Waals surface area contributed by atoms with E-state index in [1.807, 2.05) is 22.6 Å². The number of hydrogen-bond donors (Lipinski definition) is 0. The Morgan fingerprint density at radius 1 is 1.00 bits per heavy atom. The highest BCUT2D eigenvalue weighted by Gasteiger charge is 2.17. The predicted molar refractivity (Wildman–Crippen MR) is 123 cm³/mol. The van der Waals surface area contributed by atoms with Crippen molar-refractivity contribution < 1.29 is 28.9 Å². The minimum atomic E-state index is -0.717. The maximum absolute atomic E-state index is 11.1. The molecule has 0 spiro atoms. The molecule has 168 valence electrons. The van der Waals surface area contributed by atoms with Crippen molar-refractivity contribution in [2.45, 2.75) is 0 Å². The summed E-state index contributed by atoms with van der Waals surface area (Å²) in [5.74, 6) is -1.26. The molecule has 0 atom stereocenters. The summed E-state index contributed by atoms with van der Waals surface area (Å²) in [4.78, 5) is 41.9. The summed E-state index contributed by atoms with van der Waals surface area (Å²) in [5.41, 5.74) is -0.357. The first-order valence-electron chi connectivity index (χ1n) is 8.12. The summed E-state index contributed by atoms with van der Waals surface area (Å²) >= 11 is 1.83. The van der Waals surface area contributed by atoms with E-state index in [2.05, 4.69) is 23.3 Å². The predicted octanol–water partition coefficient (Wildman–Crippen LogP) is 4.18. The summed E-state index contributed by atoms with van der Waals surface area (Å²) in [6.45, 7) is 0. The molecule has 2 aromatic rings. The van der Waals surface area contributed by atoms with E-state index in [0.29, 0.717) is 3.57 Å². The maximum Gasteiger partial charge on any atom is 0.338 e. The summed E-state index contributed by atoms with van der Waals surface area (Å²) in [6.07, 6.45) is 0. The molecule has 0 aromatic heterocycles. The second-order valence-electron chi connectivity index (χ2n) is 5.23. The van der Waals surface area contributed by atoms with Crippen LogP contribution in [0.5, 0.6) is 0 Å². The molecule has 0 radical (unpaired) electrons. The van der Waals surface area contributed by atoms with Gasteiger partial charge in [-0.15, -0.1) is 0 Å². The van der Waals surface area contributed by atoms with Crippen molar-refractivity contribution in [1.29, 1.82) is 5.26 Å². The number of rotatable bonds is 4. The van der Waals surface area contributed by atoms with E-state index < -0.39 is 27.5 Å². The van der Waals surface area contributed by atoms with E-state index in [-0.39, 0.29) is 22.4 Å². The van der Waals surface area contributed by atoms with Gasteiger partial charge < -0.3 is 9.47 Å². The first kappa shape index (κ1) is 28.5. The Morgan fingerprint density at radius 3 is 1.78 bits per heavy atom. The number of halogens is 1. The number of nitro groups is 2. The van der Waals surface area contributed by atoms with Gasteiger partial charge in [-0.3, -0.25) is 25.0 Å². The fourth-order valence-electron chi connectivity index (χ4n) is 1.92. The Kier molecular flexibility index (Phi) is 12.9. The molecule has 0 N–H and O–H groups in total. The molecule has 12 nitrogen and oxygen atoms in total.